The van der Waals surface area contributed by atoms with Crippen LogP contribution in [0, 0.1) is 10.1 Å². The fraction of sp³-hybridized carbons (Fsp3) is 0.118. The van der Waals surface area contributed by atoms with E-state index in [2.05, 4.69) is 4.98 Å². The zero-order chi connectivity index (χ0) is 18.0. The number of alkyl halides is 3. The zero-order valence-corrected chi connectivity index (χ0v) is 13.5. The number of nitro benzene ring substituents is 1. The maximum atomic E-state index is 13.1. The van der Waals surface area contributed by atoms with E-state index in [0.29, 0.717) is 16.3 Å². The molecule has 0 amide bonds. The molecule has 25 heavy (non-hydrogen) atoms. The molecule has 128 valence electrons. The second kappa shape index (κ2) is 6.64. The first-order valence-corrected chi connectivity index (χ1v) is 8.07. The number of aromatic nitrogens is 1. The van der Waals surface area contributed by atoms with Crippen molar-refractivity contribution >= 4 is 17.0 Å². The van der Waals surface area contributed by atoms with Gasteiger partial charge in [0.05, 0.1) is 21.2 Å². The Labute approximate surface area is 144 Å². The summed E-state index contributed by atoms with van der Waals surface area (Å²) in [4.78, 5) is 14.7. The van der Waals surface area contributed by atoms with Gasteiger partial charge in [0.15, 0.2) is 0 Å². The van der Waals surface area contributed by atoms with E-state index in [0.717, 1.165) is 6.07 Å². The standard InChI is InChI=1S/C17H11F3N2O2S/c18-17(19,20)14-7-2-1-4-11(14)9-16-21-15(10-25-16)12-5-3-6-13(8-12)22(23)24/h1-8,10H,9H2. The van der Waals surface area contributed by atoms with Gasteiger partial charge in [0.1, 0.15) is 0 Å². The van der Waals surface area contributed by atoms with Gasteiger partial charge in [-0.1, -0.05) is 30.3 Å². The summed E-state index contributed by atoms with van der Waals surface area (Å²) in [6, 6.07) is 11.4. The lowest BCUT2D eigenvalue weighted by atomic mass is 10.0. The largest absolute Gasteiger partial charge is 0.416 e. The second-order valence-electron chi connectivity index (χ2n) is 5.27. The summed E-state index contributed by atoms with van der Waals surface area (Å²) in [5, 5.41) is 13.0. The van der Waals surface area contributed by atoms with Crippen LogP contribution in [0.25, 0.3) is 11.3 Å². The number of hydrogen-bond acceptors (Lipinski definition) is 4. The van der Waals surface area contributed by atoms with Crippen molar-refractivity contribution in [1.29, 1.82) is 0 Å². The molecule has 0 atom stereocenters. The molecule has 3 rings (SSSR count). The number of halogens is 3. The first-order valence-electron chi connectivity index (χ1n) is 7.19. The topological polar surface area (TPSA) is 56.0 Å². The molecule has 1 aromatic heterocycles. The summed E-state index contributed by atoms with van der Waals surface area (Å²) < 4.78 is 39.2. The quantitative estimate of drug-likeness (QED) is 0.464. The maximum Gasteiger partial charge on any atom is 0.416 e. The van der Waals surface area contributed by atoms with E-state index in [-0.39, 0.29) is 17.7 Å². The minimum Gasteiger partial charge on any atom is -0.258 e. The fourth-order valence-corrected chi connectivity index (χ4v) is 3.24. The normalized spacial score (nSPS) is 11.5. The number of nitro groups is 1. The second-order valence-corrected chi connectivity index (χ2v) is 6.21. The number of benzene rings is 2. The molecule has 0 spiro atoms. The Morgan fingerprint density at radius 1 is 1.12 bits per heavy atom. The summed E-state index contributed by atoms with van der Waals surface area (Å²) in [6.45, 7) is 0. The average Bonchev–Trinajstić information content (AvgIpc) is 3.03. The fourth-order valence-electron chi connectivity index (χ4n) is 2.42. The monoisotopic (exact) mass is 364 g/mol. The Hall–Kier alpha value is -2.74. The van der Waals surface area contributed by atoms with Gasteiger partial charge < -0.3 is 0 Å². The summed E-state index contributed by atoms with van der Waals surface area (Å²) in [7, 11) is 0. The van der Waals surface area contributed by atoms with Gasteiger partial charge in [-0.05, 0) is 11.6 Å². The van der Waals surface area contributed by atoms with Gasteiger partial charge in [-0.25, -0.2) is 4.98 Å². The lowest BCUT2D eigenvalue weighted by molar-refractivity contribution is -0.384. The van der Waals surface area contributed by atoms with Gasteiger partial charge >= 0.3 is 6.18 Å². The van der Waals surface area contributed by atoms with Gasteiger partial charge in [0, 0.05) is 29.5 Å². The summed E-state index contributed by atoms with van der Waals surface area (Å²) in [5.41, 5.74) is 0.473. The van der Waals surface area contributed by atoms with Crippen LogP contribution >= 0.6 is 11.3 Å². The number of non-ortho nitro benzene ring substituents is 1. The summed E-state index contributed by atoms with van der Waals surface area (Å²) in [5.74, 6) is 0. The Balaban J connectivity index is 1.89. The van der Waals surface area contributed by atoms with Crippen LogP contribution in [0.2, 0.25) is 0 Å². The number of hydrogen-bond donors (Lipinski definition) is 0. The van der Waals surface area contributed by atoms with Crippen LogP contribution in [0.15, 0.2) is 53.9 Å². The number of nitrogens with zero attached hydrogens (tertiary/aromatic N) is 2. The average molecular weight is 364 g/mol. The molecule has 8 heteroatoms. The van der Waals surface area contributed by atoms with Crippen LogP contribution in [0.3, 0.4) is 0 Å². The molecule has 0 aliphatic rings. The highest BCUT2D eigenvalue weighted by molar-refractivity contribution is 7.10. The third kappa shape index (κ3) is 3.85. The molecule has 0 fully saturated rings. The molecule has 0 N–H and O–H groups in total. The molecule has 4 nitrogen and oxygen atoms in total. The van der Waals surface area contributed by atoms with Gasteiger partial charge in [-0.15, -0.1) is 11.3 Å². The minimum atomic E-state index is -4.42. The van der Waals surface area contributed by atoms with E-state index in [1.807, 2.05) is 0 Å². The molecule has 1 heterocycles. The van der Waals surface area contributed by atoms with E-state index >= 15 is 0 Å². The number of thiazole rings is 1. The third-order valence-corrected chi connectivity index (χ3v) is 4.42. The lowest BCUT2D eigenvalue weighted by Crippen LogP contribution is -2.09. The predicted octanol–water partition coefficient (Wildman–Crippen LogP) is 5.33. The molecule has 0 saturated carbocycles. The highest BCUT2D eigenvalue weighted by Crippen LogP contribution is 2.33. The Kier molecular flexibility index (Phi) is 4.54. The zero-order valence-electron chi connectivity index (χ0n) is 12.7. The van der Waals surface area contributed by atoms with Gasteiger partial charge in [0.2, 0.25) is 0 Å². The van der Waals surface area contributed by atoms with Crippen molar-refractivity contribution in [2.45, 2.75) is 12.6 Å². The molecule has 3 aromatic rings. The predicted molar refractivity (Wildman–Crippen MR) is 88.5 cm³/mol. The van der Waals surface area contributed by atoms with Crippen LogP contribution in [0.4, 0.5) is 18.9 Å². The molecule has 0 aliphatic carbocycles. The molecular weight excluding hydrogens is 353 g/mol. The molecule has 2 aromatic carbocycles. The maximum absolute atomic E-state index is 13.1. The SMILES string of the molecule is O=[N+]([O-])c1cccc(-c2csc(Cc3ccccc3C(F)(F)F)n2)c1. The Morgan fingerprint density at radius 3 is 2.60 bits per heavy atom. The van der Waals surface area contributed by atoms with Gasteiger partial charge in [-0.2, -0.15) is 13.2 Å². The molecule has 0 radical (unpaired) electrons. The van der Waals surface area contributed by atoms with Crippen LogP contribution in [-0.2, 0) is 12.6 Å². The lowest BCUT2D eigenvalue weighted by Gasteiger charge is -2.11. The van der Waals surface area contributed by atoms with Crippen LogP contribution < -0.4 is 0 Å². The molecule has 0 saturated heterocycles. The van der Waals surface area contributed by atoms with Gasteiger partial charge in [-0.3, -0.25) is 10.1 Å². The Morgan fingerprint density at radius 2 is 1.88 bits per heavy atom. The van der Waals surface area contributed by atoms with E-state index in [1.165, 1.54) is 35.6 Å². The van der Waals surface area contributed by atoms with Crippen molar-refractivity contribution in [1.82, 2.24) is 4.98 Å². The third-order valence-electron chi connectivity index (χ3n) is 3.57. The first kappa shape index (κ1) is 17.1. The van der Waals surface area contributed by atoms with Crippen LogP contribution in [-0.4, -0.2) is 9.91 Å². The van der Waals surface area contributed by atoms with Crippen molar-refractivity contribution in [3.05, 3.63) is 80.2 Å². The Bertz CT molecular complexity index is 922. The molecule has 0 unspecified atom stereocenters. The smallest absolute Gasteiger partial charge is 0.258 e. The summed E-state index contributed by atoms with van der Waals surface area (Å²) in [6.07, 6.45) is -4.37. The van der Waals surface area contributed by atoms with Crippen molar-refractivity contribution in [2.24, 2.45) is 0 Å². The highest BCUT2D eigenvalue weighted by atomic mass is 32.1. The van der Waals surface area contributed by atoms with Crippen molar-refractivity contribution in [2.75, 3.05) is 0 Å². The van der Waals surface area contributed by atoms with Crippen molar-refractivity contribution in [3.8, 4) is 11.3 Å². The van der Waals surface area contributed by atoms with Gasteiger partial charge in [0.25, 0.3) is 5.69 Å². The molecule has 0 bridgehead atoms. The molecular formula is C17H11F3N2O2S. The highest BCUT2D eigenvalue weighted by Gasteiger charge is 2.33. The van der Waals surface area contributed by atoms with E-state index in [1.54, 1.807) is 23.6 Å². The molecule has 0 aliphatic heterocycles. The van der Waals surface area contributed by atoms with E-state index < -0.39 is 16.7 Å². The summed E-state index contributed by atoms with van der Waals surface area (Å²) >= 11 is 1.22. The van der Waals surface area contributed by atoms with Crippen molar-refractivity contribution < 1.29 is 18.1 Å². The van der Waals surface area contributed by atoms with Crippen molar-refractivity contribution in [3.63, 3.8) is 0 Å². The van der Waals surface area contributed by atoms with E-state index in [4.69, 9.17) is 0 Å². The van der Waals surface area contributed by atoms with E-state index in [9.17, 15) is 23.3 Å². The van der Waals surface area contributed by atoms with Crippen LogP contribution in [0.5, 0.6) is 0 Å². The van der Waals surface area contributed by atoms with Crippen LogP contribution in [0.1, 0.15) is 16.1 Å². The minimum absolute atomic E-state index is 0.0509. The number of rotatable bonds is 4. The first-order chi connectivity index (χ1) is 11.8.